The third-order valence-electron chi connectivity index (χ3n) is 3.69. The van der Waals surface area contributed by atoms with E-state index in [1.54, 1.807) is 0 Å². The Kier molecular flexibility index (Phi) is 5.09. The van der Waals surface area contributed by atoms with Gasteiger partial charge in [0.15, 0.2) is 0 Å². The van der Waals surface area contributed by atoms with Gasteiger partial charge in [-0.3, -0.25) is 0 Å². The van der Waals surface area contributed by atoms with Crippen LogP contribution < -0.4 is 5.73 Å². The highest BCUT2D eigenvalue weighted by atomic mass is 35.5. The summed E-state index contributed by atoms with van der Waals surface area (Å²) in [5, 5.41) is 0. The van der Waals surface area contributed by atoms with Crippen molar-refractivity contribution in [3.8, 4) is 0 Å². The number of rotatable bonds is 3. The Morgan fingerprint density at radius 3 is 1.81 bits per heavy atom. The fourth-order valence-electron chi connectivity index (χ4n) is 4.10. The first-order valence-corrected chi connectivity index (χ1v) is 6.08. The maximum Gasteiger partial charge on any atom is -0.00690 e. The first kappa shape index (κ1) is 16.0. The van der Waals surface area contributed by atoms with Crippen molar-refractivity contribution < 1.29 is 0 Å². The van der Waals surface area contributed by atoms with Crippen LogP contribution in [0.25, 0.3) is 0 Å². The molecule has 0 bridgehead atoms. The minimum absolute atomic E-state index is 0. The molecule has 0 radical (unpaired) electrons. The Morgan fingerprint density at radius 1 is 1.06 bits per heavy atom. The number of hydrogen-bond donors (Lipinski definition) is 1. The van der Waals surface area contributed by atoms with E-state index in [0.29, 0.717) is 10.8 Å². The van der Waals surface area contributed by atoms with Gasteiger partial charge in [-0.1, -0.05) is 33.8 Å². The molecule has 0 aromatic rings. The van der Waals surface area contributed by atoms with E-state index in [0.717, 1.165) is 13.0 Å². The van der Waals surface area contributed by atoms with Crippen molar-refractivity contribution in [1.29, 1.82) is 0 Å². The molecule has 1 saturated carbocycles. The molecule has 1 nitrogen and oxygen atoms in total. The van der Waals surface area contributed by atoms with Crippen molar-refractivity contribution in [1.82, 2.24) is 0 Å². The fourth-order valence-corrected chi connectivity index (χ4v) is 4.10. The van der Waals surface area contributed by atoms with E-state index >= 15 is 0 Å². The van der Waals surface area contributed by atoms with Gasteiger partial charge in [0, 0.05) is 0 Å². The van der Waals surface area contributed by atoms with Gasteiger partial charge in [0.25, 0.3) is 0 Å². The molecule has 16 heavy (non-hydrogen) atoms. The molecular formula is C14H28ClN. The summed E-state index contributed by atoms with van der Waals surface area (Å²) >= 11 is 0. The second-order valence-corrected chi connectivity index (χ2v) is 6.96. The summed E-state index contributed by atoms with van der Waals surface area (Å²) in [7, 11) is 0. The van der Waals surface area contributed by atoms with Crippen LogP contribution in [-0.2, 0) is 0 Å². The number of nitrogens with two attached hydrogens (primary N) is 1. The standard InChI is InChI=1S/C14H27N.ClH/c1-6-14(7-8-15)10-12(2,3)9-13(4,5)11-14;/h6H,1,7-11,15H2,2-5H3;1H. The number of halogens is 1. The largest absolute Gasteiger partial charge is 0.330 e. The quantitative estimate of drug-likeness (QED) is 0.743. The van der Waals surface area contributed by atoms with E-state index < -0.39 is 0 Å². The van der Waals surface area contributed by atoms with Gasteiger partial charge in [-0.25, -0.2) is 0 Å². The van der Waals surface area contributed by atoms with Gasteiger partial charge in [0.2, 0.25) is 0 Å². The van der Waals surface area contributed by atoms with E-state index in [1.807, 2.05) is 0 Å². The van der Waals surface area contributed by atoms with Crippen LogP contribution in [0, 0.1) is 16.2 Å². The van der Waals surface area contributed by atoms with Crippen LogP contribution in [0.15, 0.2) is 12.7 Å². The predicted octanol–water partition coefficient (Wildman–Crippen LogP) is 4.17. The molecule has 96 valence electrons. The van der Waals surface area contributed by atoms with Gasteiger partial charge in [-0.15, -0.1) is 19.0 Å². The number of allylic oxidation sites excluding steroid dienone is 1. The normalized spacial score (nSPS) is 25.6. The molecule has 1 fully saturated rings. The van der Waals surface area contributed by atoms with Crippen LogP contribution in [0.1, 0.15) is 53.4 Å². The van der Waals surface area contributed by atoms with Crippen molar-refractivity contribution in [3.05, 3.63) is 12.7 Å². The summed E-state index contributed by atoms with van der Waals surface area (Å²) in [5.41, 5.74) is 6.87. The minimum Gasteiger partial charge on any atom is -0.330 e. The molecule has 0 amide bonds. The van der Waals surface area contributed by atoms with E-state index in [2.05, 4.69) is 40.3 Å². The van der Waals surface area contributed by atoms with Gasteiger partial charge in [-0.05, 0) is 48.5 Å². The second kappa shape index (κ2) is 5.10. The van der Waals surface area contributed by atoms with Crippen LogP contribution in [-0.4, -0.2) is 6.54 Å². The van der Waals surface area contributed by atoms with E-state index in [9.17, 15) is 0 Å². The maximum absolute atomic E-state index is 5.75. The first-order valence-electron chi connectivity index (χ1n) is 6.08. The van der Waals surface area contributed by atoms with Crippen molar-refractivity contribution in [3.63, 3.8) is 0 Å². The average Bonchev–Trinajstić information content (AvgIpc) is 1.98. The minimum atomic E-state index is 0. The Balaban J connectivity index is 0.00000225. The van der Waals surface area contributed by atoms with Crippen molar-refractivity contribution in [2.75, 3.05) is 6.54 Å². The molecule has 0 saturated heterocycles. The molecule has 2 N–H and O–H groups in total. The molecule has 0 spiro atoms. The molecule has 0 aromatic heterocycles. The SMILES string of the molecule is C=CC1(CCN)CC(C)(C)CC(C)(C)C1.Cl. The monoisotopic (exact) mass is 245 g/mol. The van der Waals surface area contributed by atoms with E-state index in [1.165, 1.54) is 19.3 Å². The molecule has 2 heteroatoms. The van der Waals surface area contributed by atoms with Gasteiger partial charge >= 0.3 is 0 Å². The van der Waals surface area contributed by atoms with Crippen molar-refractivity contribution in [2.45, 2.75) is 53.4 Å². The van der Waals surface area contributed by atoms with Crippen LogP contribution in [0.5, 0.6) is 0 Å². The zero-order valence-corrected chi connectivity index (χ0v) is 12.1. The molecule has 0 atom stereocenters. The van der Waals surface area contributed by atoms with Gasteiger partial charge in [0.1, 0.15) is 0 Å². The lowest BCUT2D eigenvalue weighted by Gasteiger charge is -2.51. The van der Waals surface area contributed by atoms with Crippen molar-refractivity contribution >= 4 is 12.4 Å². The van der Waals surface area contributed by atoms with Crippen LogP contribution in [0.2, 0.25) is 0 Å². The Bertz CT molecular complexity index is 227. The summed E-state index contributed by atoms with van der Waals surface area (Å²) in [5.74, 6) is 0. The third-order valence-corrected chi connectivity index (χ3v) is 3.69. The van der Waals surface area contributed by atoms with Gasteiger partial charge in [0.05, 0.1) is 0 Å². The van der Waals surface area contributed by atoms with Crippen LogP contribution in [0.3, 0.4) is 0 Å². The summed E-state index contributed by atoms with van der Waals surface area (Å²) in [6.45, 7) is 14.3. The topological polar surface area (TPSA) is 26.0 Å². The Hall–Kier alpha value is -0.0100. The summed E-state index contributed by atoms with van der Waals surface area (Å²) in [4.78, 5) is 0. The Labute approximate surface area is 107 Å². The zero-order valence-electron chi connectivity index (χ0n) is 11.3. The molecular weight excluding hydrogens is 218 g/mol. The molecule has 0 unspecified atom stereocenters. The third kappa shape index (κ3) is 3.78. The lowest BCUT2D eigenvalue weighted by molar-refractivity contribution is 0.0232. The van der Waals surface area contributed by atoms with Crippen LogP contribution >= 0.6 is 12.4 Å². The van der Waals surface area contributed by atoms with Crippen LogP contribution in [0.4, 0.5) is 0 Å². The molecule has 0 aromatic carbocycles. The smallest absolute Gasteiger partial charge is 0.00690 e. The van der Waals surface area contributed by atoms with Crippen molar-refractivity contribution in [2.24, 2.45) is 22.0 Å². The maximum atomic E-state index is 5.75. The highest BCUT2D eigenvalue weighted by Gasteiger charge is 2.45. The Morgan fingerprint density at radius 2 is 1.50 bits per heavy atom. The highest BCUT2D eigenvalue weighted by Crippen LogP contribution is 2.55. The highest BCUT2D eigenvalue weighted by molar-refractivity contribution is 5.85. The summed E-state index contributed by atoms with van der Waals surface area (Å²) in [6, 6.07) is 0. The number of hydrogen-bond acceptors (Lipinski definition) is 1. The summed E-state index contributed by atoms with van der Waals surface area (Å²) in [6.07, 6.45) is 7.04. The summed E-state index contributed by atoms with van der Waals surface area (Å²) < 4.78 is 0. The molecule has 1 aliphatic rings. The fraction of sp³-hybridized carbons (Fsp3) is 0.857. The lowest BCUT2D eigenvalue weighted by atomic mass is 9.54. The molecule has 1 rings (SSSR count). The average molecular weight is 246 g/mol. The predicted molar refractivity (Wildman–Crippen MR) is 75.0 cm³/mol. The van der Waals surface area contributed by atoms with E-state index in [4.69, 9.17) is 5.73 Å². The van der Waals surface area contributed by atoms with Gasteiger partial charge < -0.3 is 5.73 Å². The molecule has 0 heterocycles. The molecule has 1 aliphatic carbocycles. The molecule has 0 aliphatic heterocycles. The second-order valence-electron chi connectivity index (χ2n) is 6.96. The zero-order chi connectivity index (χ0) is 11.7. The first-order chi connectivity index (χ1) is 6.74. The van der Waals surface area contributed by atoms with E-state index in [-0.39, 0.29) is 17.8 Å². The lowest BCUT2D eigenvalue weighted by Crippen LogP contribution is -2.41. The van der Waals surface area contributed by atoms with Gasteiger partial charge in [-0.2, -0.15) is 0 Å².